The van der Waals surface area contributed by atoms with Gasteiger partial charge in [0.05, 0.1) is 38.5 Å². The molecule has 6 aliphatic heterocycles. The number of ether oxygens (including phenoxy) is 2. The maximum absolute atomic E-state index is 13.5. The van der Waals surface area contributed by atoms with Crippen LogP contribution in [-0.2, 0) is 21.0 Å². The normalized spacial score (nSPS) is 20.5. The van der Waals surface area contributed by atoms with Crippen LogP contribution in [0.5, 0.6) is 11.5 Å². The molecule has 2 amide bonds. The van der Waals surface area contributed by atoms with Gasteiger partial charge in [-0.05, 0) is 79.5 Å². The monoisotopic (exact) mass is 1060 g/mol. The Morgan fingerprint density at radius 1 is 0.486 bits per heavy atom. The number of fused-ring (bicyclic) bond motifs is 8. The lowest BCUT2D eigenvalue weighted by Crippen LogP contribution is -2.66. The van der Waals surface area contributed by atoms with Crippen LogP contribution in [-0.4, -0.2) is 93.0 Å². The minimum Gasteiger partial charge on any atom is -0.502 e. The zero-order valence-electron chi connectivity index (χ0n) is 39.5. The number of nitrogens with zero attached hydrogens (tertiary/aromatic N) is 6. The van der Waals surface area contributed by atoms with Crippen LogP contribution >= 0.6 is 46.2 Å². The van der Waals surface area contributed by atoms with Crippen LogP contribution in [0.15, 0.2) is 164 Å². The molecule has 0 spiro atoms. The number of pyridine rings is 2. The van der Waals surface area contributed by atoms with Gasteiger partial charge in [0.2, 0.25) is 10.9 Å². The van der Waals surface area contributed by atoms with Crippen LogP contribution in [0, 0.1) is 0 Å². The van der Waals surface area contributed by atoms with Crippen molar-refractivity contribution in [1.82, 2.24) is 19.2 Å². The van der Waals surface area contributed by atoms with Crippen molar-refractivity contribution in [2.45, 2.75) is 45.7 Å². The number of amides is 2. The summed E-state index contributed by atoms with van der Waals surface area (Å²) in [6, 6.07) is 40.0. The number of hydrogen-bond acceptors (Lipinski definition) is 14. The molecule has 4 atom stereocenters. The third kappa shape index (κ3) is 7.60. The van der Waals surface area contributed by atoms with Gasteiger partial charge < -0.3 is 29.5 Å². The fourth-order valence-electron chi connectivity index (χ4n) is 11.3. The number of aromatic nitrogens is 2. The Bertz CT molecular complexity index is 3400. The second-order valence-electron chi connectivity index (χ2n) is 18.5. The van der Waals surface area contributed by atoms with Gasteiger partial charge in [0, 0.05) is 68.7 Å². The van der Waals surface area contributed by atoms with Crippen LogP contribution in [0.3, 0.4) is 0 Å². The zero-order chi connectivity index (χ0) is 50.2. The summed E-state index contributed by atoms with van der Waals surface area (Å²) in [6.45, 7) is 2.23. The maximum atomic E-state index is 13.5. The van der Waals surface area contributed by atoms with Crippen molar-refractivity contribution in [3.8, 4) is 32.4 Å². The fraction of sp³-hybridized carbons (Fsp3) is 0.214. The van der Waals surface area contributed by atoms with E-state index in [9.17, 15) is 29.4 Å². The van der Waals surface area contributed by atoms with Gasteiger partial charge in [0.25, 0.3) is 11.8 Å². The number of thioether (sulfide) groups is 2. The van der Waals surface area contributed by atoms with Gasteiger partial charge in [-0.25, -0.2) is 0 Å². The number of hydrogen-bond donors (Lipinski definition) is 2. The molecule has 14 rings (SSSR count). The smallest absolute Gasteiger partial charge is 0.278 e. The molecular weight excluding hydrogens is 1010 g/mol. The molecule has 0 bridgehead atoms. The Kier molecular flexibility index (Phi) is 12.0. The summed E-state index contributed by atoms with van der Waals surface area (Å²) >= 11 is 7.05. The first-order valence-corrected chi connectivity index (χ1v) is 28.0. The molecule has 18 heteroatoms. The first-order valence-electron chi connectivity index (χ1n) is 24.3. The first kappa shape index (κ1) is 46.7. The van der Waals surface area contributed by atoms with Gasteiger partial charge in [-0.3, -0.25) is 38.5 Å². The molecule has 0 radical (unpaired) electrons. The van der Waals surface area contributed by atoms with Gasteiger partial charge in [-0.15, -0.1) is 46.2 Å². The summed E-state index contributed by atoms with van der Waals surface area (Å²) in [7, 11) is 0. The molecule has 2 saturated heterocycles. The molecule has 372 valence electrons. The Morgan fingerprint density at radius 2 is 0.919 bits per heavy atom. The Morgan fingerprint density at radius 3 is 1.35 bits per heavy atom. The van der Waals surface area contributed by atoms with Gasteiger partial charge in [0.1, 0.15) is 12.3 Å². The molecule has 0 aliphatic carbocycles. The molecule has 2 N–H and O–H groups in total. The lowest BCUT2D eigenvalue weighted by Gasteiger charge is -2.51. The Balaban J connectivity index is 0.000000143. The summed E-state index contributed by atoms with van der Waals surface area (Å²) in [6.07, 6.45) is 2.39. The topological polar surface area (TPSA) is 150 Å². The lowest BCUT2D eigenvalue weighted by molar-refractivity contribution is -0.0198. The van der Waals surface area contributed by atoms with E-state index in [-0.39, 0.29) is 35.3 Å². The van der Waals surface area contributed by atoms with Gasteiger partial charge in [0.15, 0.2) is 22.9 Å². The van der Waals surface area contributed by atoms with Crippen molar-refractivity contribution in [3.05, 3.63) is 210 Å². The predicted molar refractivity (Wildman–Crippen MR) is 288 cm³/mol. The standard InChI is InChI=1S/2C28H23N3O4S2/c2*32-21-10-11-30-26(27(21)33)28(34)29-12-13-35-15-24(29)31(30)25-18-7-3-6-17(22-9-4-14-36-22)20(18)16-37-23-8-2-1-5-19(23)25/h2*1-11,14,24-25,33H,12-13,15-16H2/t2*24-,25+/m10/s1. The van der Waals surface area contributed by atoms with E-state index in [1.165, 1.54) is 44.1 Å². The second-order valence-corrected chi connectivity index (χ2v) is 22.4. The highest BCUT2D eigenvalue weighted by Gasteiger charge is 2.48. The number of thiophene rings is 2. The van der Waals surface area contributed by atoms with Gasteiger partial charge in [-0.1, -0.05) is 84.9 Å². The van der Waals surface area contributed by atoms with Crippen molar-refractivity contribution in [3.63, 3.8) is 0 Å². The summed E-state index contributed by atoms with van der Waals surface area (Å²) in [5.41, 5.74) is 8.22. The van der Waals surface area contributed by atoms with E-state index in [0.717, 1.165) is 43.6 Å². The molecule has 0 saturated carbocycles. The number of carbonyl (C=O) groups is 2. The predicted octanol–water partition coefficient (Wildman–Crippen LogP) is 8.86. The summed E-state index contributed by atoms with van der Waals surface area (Å²) in [4.78, 5) is 60.1. The van der Waals surface area contributed by atoms with E-state index in [2.05, 4.69) is 106 Å². The van der Waals surface area contributed by atoms with E-state index in [4.69, 9.17) is 9.47 Å². The third-order valence-corrected chi connectivity index (χ3v) is 18.7. The van der Waals surface area contributed by atoms with Crippen LogP contribution in [0.2, 0.25) is 0 Å². The molecule has 6 aliphatic rings. The zero-order valence-corrected chi connectivity index (χ0v) is 42.7. The summed E-state index contributed by atoms with van der Waals surface area (Å²) < 4.78 is 15.1. The molecule has 8 aromatic rings. The molecule has 4 aromatic heterocycles. The summed E-state index contributed by atoms with van der Waals surface area (Å²) in [5.74, 6) is -0.155. The molecular formula is C56H46N6O8S4. The third-order valence-electron chi connectivity index (χ3n) is 14.6. The second kappa shape index (κ2) is 19.0. The number of carbonyl (C=O) groups excluding carboxylic acids is 2. The first-order chi connectivity index (χ1) is 36.3. The highest BCUT2D eigenvalue weighted by Crippen LogP contribution is 2.49. The molecule has 14 nitrogen and oxygen atoms in total. The number of benzene rings is 4. The molecule has 4 aromatic carbocycles. The van der Waals surface area contributed by atoms with Crippen molar-refractivity contribution < 1.29 is 29.3 Å². The Hall–Kier alpha value is -7.06. The highest BCUT2D eigenvalue weighted by molar-refractivity contribution is 7.98. The summed E-state index contributed by atoms with van der Waals surface area (Å²) in [5, 5.41) is 30.0. The van der Waals surface area contributed by atoms with E-state index >= 15 is 0 Å². The van der Waals surface area contributed by atoms with Crippen LogP contribution < -0.4 is 20.9 Å². The van der Waals surface area contributed by atoms with Crippen molar-refractivity contribution in [2.24, 2.45) is 0 Å². The molecule has 0 unspecified atom stereocenters. The van der Waals surface area contributed by atoms with Crippen LogP contribution in [0.4, 0.5) is 0 Å². The van der Waals surface area contributed by atoms with Crippen molar-refractivity contribution in [1.29, 1.82) is 0 Å². The fourth-order valence-corrected chi connectivity index (χ4v) is 15.2. The number of aromatic hydroxyl groups is 2. The van der Waals surface area contributed by atoms with Gasteiger partial charge >= 0.3 is 0 Å². The largest absolute Gasteiger partial charge is 0.502 e. The SMILES string of the molecule is O=C1c2c(O)c(=O)ccn2N([C@@H]2c3ccccc3SCc3c(-c4cccs4)cccc32)[C@@H]2COCCN12.O=C1c2c(O)c(=O)ccn2N([C@H]2c3ccccc3SCc3c(-c4cccs4)cccc32)[C@H]2COCCN12. The van der Waals surface area contributed by atoms with Crippen LogP contribution in [0.25, 0.3) is 20.9 Å². The van der Waals surface area contributed by atoms with Crippen molar-refractivity contribution in [2.75, 3.05) is 49.5 Å². The quantitative estimate of drug-likeness (QED) is 0.173. The minimum atomic E-state index is -0.566. The lowest BCUT2D eigenvalue weighted by atomic mass is 9.90. The molecule has 2 fully saturated rings. The minimum absolute atomic E-state index is 0.00371. The van der Waals surface area contributed by atoms with E-state index in [1.54, 1.807) is 77.7 Å². The van der Waals surface area contributed by atoms with E-state index in [0.29, 0.717) is 39.5 Å². The average molecular weight is 1060 g/mol. The Labute approximate surface area is 441 Å². The number of morpholine rings is 2. The highest BCUT2D eigenvalue weighted by atomic mass is 32.2. The van der Waals surface area contributed by atoms with Crippen LogP contribution in [0.1, 0.15) is 66.4 Å². The van der Waals surface area contributed by atoms with Gasteiger partial charge in [-0.2, -0.15) is 0 Å². The van der Waals surface area contributed by atoms with Crippen molar-refractivity contribution >= 4 is 58.0 Å². The average Bonchev–Trinajstić information content (AvgIpc) is 4.13. The molecule has 10 heterocycles. The van der Waals surface area contributed by atoms with E-state index < -0.39 is 34.7 Å². The molecule has 74 heavy (non-hydrogen) atoms. The van der Waals surface area contributed by atoms with E-state index in [1.807, 2.05) is 24.3 Å². The maximum Gasteiger partial charge on any atom is 0.278 e. The number of rotatable bonds is 4.